The van der Waals surface area contributed by atoms with Crippen LogP contribution in [0.3, 0.4) is 0 Å². The first-order valence-corrected chi connectivity index (χ1v) is 7.74. The van der Waals surface area contributed by atoms with Crippen molar-refractivity contribution in [2.24, 2.45) is 0 Å². The zero-order valence-electron chi connectivity index (χ0n) is 11.5. The first kappa shape index (κ1) is 14.2. The lowest BCUT2D eigenvalue weighted by Crippen LogP contribution is -2.37. The number of hydrogen-bond donors (Lipinski definition) is 2. The van der Waals surface area contributed by atoms with Gasteiger partial charge in [0, 0.05) is 17.8 Å². The number of anilines is 1. The molecule has 1 aliphatic rings. The summed E-state index contributed by atoms with van der Waals surface area (Å²) in [5, 5.41) is 6.15. The molecule has 0 aliphatic carbocycles. The normalized spacial score (nSPS) is 22.2. The van der Waals surface area contributed by atoms with Crippen LogP contribution in [0.25, 0.3) is 0 Å². The van der Waals surface area contributed by atoms with Gasteiger partial charge in [-0.25, -0.2) is 4.98 Å². The van der Waals surface area contributed by atoms with Gasteiger partial charge in [0.15, 0.2) is 0 Å². The number of thioether (sulfide) groups is 1. The molecule has 4 nitrogen and oxygen atoms in total. The Hall–Kier alpha value is -1.23. The Kier molecular flexibility index (Phi) is 4.69. The summed E-state index contributed by atoms with van der Waals surface area (Å²) in [6, 6.07) is 3.65. The van der Waals surface area contributed by atoms with E-state index in [1.54, 1.807) is 12.3 Å². The number of aromatic nitrogens is 1. The Morgan fingerprint density at radius 2 is 2.37 bits per heavy atom. The van der Waals surface area contributed by atoms with Crippen LogP contribution in [0.4, 0.5) is 5.69 Å². The molecule has 19 heavy (non-hydrogen) atoms. The van der Waals surface area contributed by atoms with Crippen molar-refractivity contribution in [3.8, 4) is 0 Å². The molecule has 0 spiro atoms. The molecule has 1 saturated heterocycles. The van der Waals surface area contributed by atoms with Gasteiger partial charge in [-0.15, -0.1) is 0 Å². The van der Waals surface area contributed by atoms with E-state index in [4.69, 9.17) is 0 Å². The van der Waals surface area contributed by atoms with E-state index in [2.05, 4.69) is 22.5 Å². The molecule has 5 heteroatoms. The van der Waals surface area contributed by atoms with E-state index < -0.39 is 0 Å². The number of hydrogen-bond acceptors (Lipinski definition) is 4. The minimum Gasteiger partial charge on any atom is -0.384 e. The second-order valence-electron chi connectivity index (χ2n) is 5.05. The van der Waals surface area contributed by atoms with Crippen LogP contribution in [0.15, 0.2) is 18.3 Å². The lowest BCUT2D eigenvalue weighted by molar-refractivity contribution is 0.0945. The van der Waals surface area contributed by atoms with Crippen molar-refractivity contribution in [3.63, 3.8) is 0 Å². The fraction of sp³-hybridized carbons (Fsp3) is 0.571. The van der Waals surface area contributed by atoms with Crippen LogP contribution in [-0.2, 0) is 0 Å². The van der Waals surface area contributed by atoms with Crippen LogP contribution in [0.2, 0.25) is 0 Å². The van der Waals surface area contributed by atoms with Crippen molar-refractivity contribution < 1.29 is 4.79 Å². The summed E-state index contributed by atoms with van der Waals surface area (Å²) < 4.78 is 0.194. The summed E-state index contributed by atoms with van der Waals surface area (Å²) in [5.74, 6) is 1.11. The van der Waals surface area contributed by atoms with Gasteiger partial charge < -0.3 is 10.6 Å². The number of rotatable bonds is 5. The van der Waals surface area contributed by atoms with Gasteiger partial charge in [0.2, 0.25) is 0 Å². The maximum atomic E-state index is 12.0. The van der Waals surface area contributed by atoms with E-state index in [9.17, 15) is 4.79 Å². The van der Waals surface area contributed by atoms with Crippen LogP contribution in [0.5, 0.6) is 0 Å². The van der Waals surface area contributed by atoms with Gasteiger partial charge in [-0.2, -0.15) is 11.8 Å². The van der Waals surface area contributed by atoms with Gasteiger partial charge in [0.05, 0.1) is 11.9 Å². The average Bonchev–Trinajstić information content (AvgIpc) is 2.85. The van der Waals surface area contributed by atoms with Gasteiger partial charge >= 0.3 is 0 Å². The molecular formula is C14H21N3OS. The molecule has 1 atom stereocenters. The second kappa shape index (κ2) is 6.28. The van der Waals surface area contributed by atoms with Gasteiger partial charge in [-0.05, 0) is 44.6 Å². The van der Waals surface area contributed by atoms with Crippen molar-refractivity contribution in [3.05, 3.63) is 24.0 Å². The highest BCUT2D eigenvalue weighted by Crippen LogP contribution is 2.36. The number of amides is 1. The highest BCUT2D eigenvalue weighted by atomic mass is 32.2. The monoisotopic (exact) mass is 279 g/mol. The van der Waals surface area contributed by atoms with Crippen LogP contribution in [-0.4, -0.2) is 34.5 Å². The Labute approximate surface area is 118 Å². The fourth-order valence-corrected chi connectivity index (χ4v) is 3.42. The Morgan fingerprint density at radius 3 is 2.95 bits per heavy atom. The molecule has 1 unspecified atom stereocenters. The lowest BCUT2D eigenvalue weighted by Gasteiger charge is -2.22. The molecule has 1 amide bonds. The van der Waals surface area contributed by atoms with Crippen molar-refractivity contribution in [1.82, 2.24) is 10.3 Å². The van der Waals surface area contributed by atoms with Crippen molar-refractivity contribution in [1.29, 1.82) is 0 Å². The molecule has 104 valence electrons. The topological polar surface area (TPSA) is 54.0 Å². The third-order valence-electron chi connectivity index (χ3n) is 3.30. The molecule has 0 aromatic carbocycles. The van der Waals surface area contributed by atoms with Gasteiger partial charge in [0.25, 0.3) is 5.91 Å². The van der Waals surface area contributed by atoms with E-state index in [0.29, 0.717) is 12.2 Å². The minimum atomic E-state index is -0.0863. The fourth-order valence-electron chi connectivity index (χ4n) is 2.17. The number of carbonyl (C=O) groups is 1. The van der Waals surface area contributed by atoms with Crippen LogP contribution in [0, 0.1) is 0 Å². The van der Waals surface area contributed by atoms with Crippen LogP contribution < -0.4 is 10.6 Å². The molecule has 2 heterocycles. The largest absolute Gasteiger partial charge is 0.384 e. The third-order valence-corrected chi connectivity index (χ3v) is 4.84. The van der Waals surface area contributed by atoms with Crippen molar-refractivity contribution >= 4 is 23.4 Å². The summed E-state index contributed by atoms with van der Waals surface area (Å²) in [4.78, 5) is 16.2. The van der Waals surface area contributed by atoms with Crippen LogP contribution >= 0.6 is 11.8 Å². The molecule has 0 radical (unpaired) electrons. The smallest absolute Gasteiger partial charge is 0.269 e. The summed E-state index contributed by atoms with van der Waals surface area (Å²) in [5.41, 5.74) is 1.42. The molecule has 1 aromatic heterocycles. The first-order valence-electron chi connectivity index (χ1n) is 6.75. The molecule has 1 aromatic rings. The van der Waals surface area contributed by atoms with E-state index in [-0.39, 0.29) is 10.7 Å². The Balaban J connectivity index is 1.88. The van der Waals surface area contributed by atoms with Crippen molar-refractivity contribution in [2.45, 2.75) is 31.4 Å². The predicted molar refractivity (Wildman–Crippen MR) is 80.8 cm³/mol. The Morgan fingerprint density at radius 1 is 1.53 bits per heavy atom. The van der Waals surface area contributed by atoms with Gasteiger partial charge in [-0.1, -0.05) is 0 Å². The molecule has 0 bridgehead atoms. The van der Waals surface area contributed by atoms with Gasteiger partial charge in [0.1, 0.15) is 5.69 Å². The second-order valence-corrected chi connectivity index (χ2v) is 6.73. The quantitative estimate of drug-likeness (QED) is 0.869. The van der Waals surface area contributed by atoms with E-state index >= 15 is 0 Å². The van der Waals surface area contributed by atoms with E-state index in [1.165, 1.54) is 18.6 Å². The standard InChI is InChI=1S/C14H21N3OS/c1-3-15-11-5-6-12(16-9-11)13(18)17-10-14(2)7-4-8-19-14/h5-6,9,15H,3-4,7-8,10H2,1-2H3,(H,17,18). The van der Waals surface area contributed by atoms with Crippen LogP contribution in [0.1, 0.15) is 37.2 Å². The predicted octanol–water partition coefficient (Wildman–Crippen LogP) is 2.53. The molecule has 1 aliphatic heterocycles. The number of carbonyl (C=O) groups excluding carboxylic acids is 1. The van der Waals surface area contributed by atoms with E-state index in [1.807, 2.05) is 24.8 Å². The summed E-state index contributed by atoms with van der Waals surface area (Å²) >= 11 is 1.95. The van der Waals surface area contributed by atoms with Crippen molar-refractivity contribution in [2.75, 3.05) is 24.2 Å². The minimum absolute atomic E-state index is 0.0863. The molecule has 1 fully saturated rings. The summed E-state index contributed by atoms with van der Waals surface area (Å²) in [6.07, 6.45) is 4.11. The maximum absolute atomic E-state index is 12.0. The first-order chi connectivity index (χ1) is 9.13. The highest BCUT2D eigenvalue weighted by Gasteiger charge is 2.29. The highest BCUT2D eigenvalue weighted by molar-refractivity contribution is 8.00. The summed E-state index contributed by atoms with van der Waals surface area (Å²) in [6.45, 7) is 5.81. The maximum Gasteiger partial charge on any atom is 0.269 e. The molecular weight excluding hydrogens is 258 g/mol. The number of nitrogens with one attached hydrogen (secondary N) is 2. The van der Waals surface area contributed by atoms with E-state index in [0.717, 1.165) is 12.2 Å². The number of nitrogens with zero attached hydrogens (tertiary/aromatic N) is 1. The average molecular weight is 279 g/mol. The molecule has 2 rings (SSSR count). The summed E-state index contributed by atoms with van der Waals surface area (Å²) in [7, 11) is 0. The van der Waals surface area contributed by atoms with Gasteiger partial charge in [-0.3, -0.25) is 4.79 Å². The third kappa shape index (κ3) is 3.86. The Bertz CT molecular complexity index is 427. The molecule has 0 saturated carbocycles. The zero-order chi connectivity index (χ0) is 13.7. The zero-order valence-corrected chi connectivity index (χ0v) is 12.3. The molecule has 2 N–H and O–H groups in total. The SMILES string of the molecule is CCNc1ccc(C(=O)NCC2(C)CCCS2)nc1. The number of pyridine rings is 1. The lowest BCUT2D eigenvalue weighted by atomic mass is 10.1.